The summed E-state index contributed by atoms with van der Waals surface area (Å²) in [7, 11) is 0. The molecule has 1 aliphatic heterocycles. The van der Waals surface area contributed by atoms with Crippen LogP contribution in [-0.2, 0) is 19.1 Å². The highest BCUT2D eigenvalue weighted by molar-refractivity contribution is 5.91. The standard InChI is InChI=1S/C19H29F3N2O5/c1-4-6-13-8-16(17(27)29-18(28)19(20,21)22)24(9-13)10-14(7-5-2)15(11-25)23-12(3)26/h4,6,13-16,25H,5,7-11H2,1-3H3,(H,23,26)/t13?,14-,15?,16?/m1/s1. The number of rotatable bonds is 9. The first-order chi connectivity index (χ1) is 13.5. The summed E-state index contributed by atoms with van der Waals surface area (Å²) in [6.07, 6.45) is -0.0298. The van der Waals surface area contributed by atoms with Crippen LogP contribution in [0.5, 0.6) is 0 Å². The van der Waals surface area contributed by atoms with Crippen LogP contribution in [0.4, 0.5) is 13.2 Å². The fraction of sp³-hybridized carbons (Fsp3) is 0.737. The Hall–Kier alpha value is -1.94. The number of nitrogens with zero attached hydrogens (tertiary/aromatic N) is 1. The molecule has 0 saturated carbocycles. The maximum absolute atomic E-state index is 12.5. The third-order valence-electron chi connectivity index (χ3n) is 4.88. The predicted octanol–water partition coefficient (Wildman–Crippen LogP) is 1.80. The van der Waals surface area contributed by atoms with Crippen molar-refractivity contribution in [2.24, 2.45) is 11.8 Å². The number of carbonyl (C=O) groups excluding carboxylic acids is 3. The minimum absolute atomic E-state index is 0.0887. The first kappa shape index (κ1) is 25.1. The van der Waals surface area contributed by atoms with E-state index in [9.17, 15) is 32.7 Å². The van der Waals surface area contributed by atoms with Gasteiger partial charge in [-0.15, -0.1) is 0 Å². The average molecular weight is 422 g/mol. The van der Waals surface area contributed by atoms with Crippen LogP contribution in [0.25, 0.3) is 0 Å². The lowest BCUT2D eigenvalue weighted by atomic mass is 9.94. The van der Waals surface area contributed by atoms with Crippen molar-refractivity contribution in [3.8, 4) is 0 Å². The first-order valence-electron chi connectivity index (χ1n) is 9.61. The Morgan fingerprint density at radius 1 is 1.34 bits per heavy atom. The van der Waals surface area contributed by atoms with Crippen molar-refractivity contribution in [3.05, 3.63) is 12.2 Å². The normalized spacial score (nSPS) is 22.4. The quantitative estimate of drug-likeness (QED) is 0.334. The van der Waals surface area contributed by atoms with Crippen LogP contribution in [-0.4, -0.2) is 65.8 Å². The number of hydrogen-bond acceptors (Lipinski definition) is 6. The van der Waals surface area contributed by atoms with Crippen LogP contribution in [0.3, 0.4) is 0 Å². The van der Waals surface area contributed by atoms with Gasteiger partial charge in [-0.1, -0.05) is 25.5 Å². The van der Waals surface area contributed by atoms with Gasteiger partial charge in [-0.2, -0.15) is 13.2 Å². The summed E-state index contributed by atoms with van der Waals surface area (Å²) in [4.78, 5) is 36.4. The molecule has 3 unspecified atom stereocenters. The molecular weight excluding hydrogens is 393 g/mol. The molecule has 2 N–H and O–H groups in total. The van der Waals surface area contributed by atoms with Crippen LogP contribution in [0.15, 0.2) is 12.2 Å². The number of likely N-dealkylation sites (tertiary alicyclic amines) is 1. The number of ether oxygens (including phenoxy) is 1. The summed E-state index contributed by atoms with van der Waals surface area (Å²) in [5.74, 6) is -4.41. The zero-order valence-electron chi connectivity index (χ0n) is 16.9. The number of hydrogen-bond donors (Lipinski definition) is 2. The number of esters is 2. The van der Waals surface area contributed by atoms with Gasteiger partial charge in [0.25, 0.3) is 0 Å². The van der Waals surface area contributed by atoms with Gasteiger partial charge in [0, 0.05) is 20.0 Å². The second-order valence-corrected chi connectivity index (χ2v) is 7.24. The summed E-state index contributed by atoms with van der Waals surface area (Å²) in [6, 6.07) is -1.57. The Kier molecular flexibility index (Phi) is 9.78. The van der Waals surface area contributed by atoms with Crippen LogP contribution >= 0.6 is 0 Å². The molecule has 4 atom stereocenters. The second-order valence-electron chi connectivity index (χ2n) is 7.24. The first-order valence-corrected chi connectivity index (χ1v) is 9.61. The summed E-state index contributed by atoms with van der Waals surface area (Å²) in [5, 5.41) is 12.3. The molecule has 29 heavy (non-hydrogen) atoms. The van der Waals surface area contributed by atoms with Crippen molar-refractivity contribution >= 4 is 17.8 Å². The van der Waals surface area contributed by atoms with Crippen molar-refractivity contribution in [3.63, 3.8) is 0 Å². The molecular formula is C19H29F3N2O5. The van der Waals surface area contributed by atoms with Gasteiger partial charge in [-0.05, 0) is 31.6 Å². The zero-order valence-corrected chi connectivity index (χ0v) is 16.9. The fourth-order valence-electron chi connectivity index (χ4n) is 3.68. The molecule has 0 aromatic heterocycles. The Balaban J connectivity index is 3.00. The molecule has 0 aliphatic carbocycles. The van der Waals surface area contributed by atoms with Crippen molar-refractivity contribution < 1.29 is 37.4 Å². The van der Waals surface area contributed by atoms with E-state index in [0.717, 1.165) is 6.42 Å². The molecule has 0 bridgehead atoms. The number of aliphatic hydroxyl groups excluding tert-OH is 1. The lowest BCUT2D eigenvalue weighted by Gasteiger charge is -2.32. The number of aliphatic hydroxyl groups is 1. The molecule has 1 amide bonds. The second kappa shape index (κ2) is 11.3. The minimum atomic E-state index is -5.25. The Bertz CT molecular complexity index is 609. The van der Waals surface area contributed by atoms with Gasteiger partial charge in [0.1, 0.15) is 6.04 Å². The van der Waals surface area contributed by atoms with Gasteiger partial charge >= 0.3 is 18.1 Å². The maximum Gasteiger partial charge on any atom is 0.491 e. The van der Waals surface area contributed by atoms with Crippen molar-refractivity contribution in [2.45, 2.75) is 58.3 Å². The summed E-state index contributed by atoms with van der Waals surface area (Å²) in [6.45, 7) is 5.39. The molecule has 0 aromatic rings. The van der Waals surface area contributed by atoms with Crippen LogP contribution in [0, 0.1) is 11.8 Å². The van der Waals surface area contributed by atoms with E-state index in [2.05, 4.69) is 10.1 Å². The summed E-state index contributed by atoms with van der Waals surface area (Å²) < 4.78 is 41.4. The molecule has 0 radical (unpaired) electrons. The number of alkyl halides is 3. The molecule has 1 aliphatic rings. The highest BCUT2D eigenvalue weighted by Crippen LogP contribution is 2.29. The van der Waals surface area contributed by atoms with E-state index in [1.165, 1.54) is 6.92 Å². The van der Waals surface area contributed by atoms with Gasteiger partial charge in [0.05, 0.1) is 12.6 Å². The molecule has 0 aromatic carbocycles. The van der Waals surface area contributed by atoms with Crippen LogP contribution in [0.1, 0.15) is 40.0 Å². The molecule has 166 valence electrons. The van der Waals surface area contributed by atoms with Gasteiger partial charge in [-0.25, -0.2) is 9.59 Å². The summed E-state index contributed by atoms with van der Waals surface area (Å²) >= 11 is 0. The topological polar surface area (TPSA) is 95.9 Å². The SMILES string of the molecule is CC=CC1CC(C(=O)OC(=O)C(F)(F)F)N(C[C@@H](CCC)C(CO)NC(C)=O)C1. The van der Waals surface area contributed by atoms with Gasteiger partial charge in [0.15, 0.2) is 0 Å². The number of amides is 1. The van der Waals surface area contributed by atoms with E-state index in [-0.39, 0.29) is 37.3 Å². The smallest absolute Gasteiger partial charge is 0.394 e. The third-order valence-corrected chi connectivity index (χ3v) is 4.88. The van der Waals surface area contributed by atoms with E-state index in [1.54, 1.807) is 17.9 Å². The van der Waals surface area contributed by atoms with Crippen LogP contribution in [0.2, 0.25) is 0 Å². The molecule has 1 fully saturated rings. The van der Waals surface area contributed by atoms with E-state index in [0.29, 0.717) is 13.0 Å². The zero-order chi connectivity index (χ0) is 22.2. The number of carbonyl (C=O) groups is 3. The monoisotopic (exact) mass is 422 g/mol. The lowest BCUT2D eigenvalue weighted by molar-refractivity contribution is -0.203. The van der Waals surface area contributed by atoms with Crippen molar-refractivity contribution in [1.82, 2.24) is 10.2 Å². The van der Waals surface area contributed by atoms with Crippen molar-refractivity contribution in [1.29, 1.82) is 0 Å². The largest absolute Gasteiger partial charge is 0.491 e. The Labute approximate surface area is 168 Å². The molecule has 1 heterocycles. The van der Waals surface area contributed by atoms with E-state index in [4.69, 9.17) is 0 Å². The van der Waals surface area contributed by atoms with Gasteiger partial charge in [0.2, 0.25) is 5.91 Å². The van der Waals surface area contributed by atoms with Crippen LogP contribution < -0.4 is 5.32 Å². The molecule has 10 heteroatoms. The predicted molar refractivity (Wildman–Crippen MR) is 98.5 cm³/mol. The Morgan fingerprint density at radius 2 is 2.00 bits per heavy atom. The highest BCUT2D eigenvalue weighted by atomic mass is 19.4. The third kappa shape index (κ3) is 7.77. The average Bonchev–Trinajstić information content (AvgIpc) is 3.01. The molecule has 0 spiro atoms. The molecule has 7 nitrogen and oxygen atoms in total. The Morgan fingerprint density at radius 3 is 2.48 bits per heavy atom. The van der Waals surface area contributed by atoms with E-state index >= 15 is 0 Å². The fourth-order valence-corrected chi connectivity index (χ4v) is 3.68. The van der Waals surface area contributed by atoms with E-state index in [1.807, 2.05) is 13.0 Å². The minimum Gasteiger partial charge on any atom is -0.394 e. The molecule has 1 rings (SSSR count). The number of allylic oxidation sites excluding steroid dienone is 1. The highest BCUT2D eigenvalue weighted by Gasteiger charge is 2.46. The maximum atomic E-state index is 12.5. The van der Waals surface area contributed by atoms with Gasteiger partial charge in [-0.3, -0.25) is 9.69 Å². The van der Waals surface area contributed by atoms with Crippen molar-refractivity contribution in [2.75, 3.05) is 19.7 Å². The number of halogens is 3. The number of nitrogens with one attached hydrogen (secondary N) is 1. The van der Waals surface area contributed by atoms with E-state index < -0.39 is 30.2 Å². The van der Waals surface area contributed by atoms with Gasteiger partial charge < -0.3 is 15.2 Å². The summed E-state index contributed by atoms with van der Waals surface area (Å²) in [5.41, 5.74) is 0. The molecule has 1 saturated heterocycles. The lowest BCUT2D eigenvalue weighted by Crippen LogP contribution is -2.49.